The van der Waals surface area contributed by atoms with Gasteiger partial charge < -0.3 is 9.64 Å². The van der Waals surface area contributed by atoms with Crippen molar-refractivity contribution in [2.75, 3.05) is 13.7 Å². The minimum atomic E-state index is -0.771. The number of hydroxylamine groups is 2. The van der Waals surface area contributed by atoms with Crippen LogP contribution in [0.25, 0.3) is 0 Å². The summed E-state index contributed by atoms with van der Waals surface area (Å²) >= 11 is 0. The predicted molar refractivity (Wildman–Crippen MR) is 59.7 cm³/mol. The van der Waals surface area contributed by atoms with Crippen LogP contribution in [0, 0.1) is 0 Å². The number of methoxy groups -OCH3 is 1. The number of fused-ring (bicyclic) bond motifs is 4. The van der Waals surface area contributed by atoms with Gasteiger partial charge in [0.1, 0.15) is 6.04 Å². The van der Waals surface area contributed by atoms with Crippen molar-refractivity contribution in [2.45, 2.75) is 12.1 Å². The van der Waals surface area contributed by atoms with Gasteiger partial charge in [0.25, 0.3) is 0 Å². The molecule has 0 aromatic heterocycles. The summed E-state index contributed by atoms with van der Waals surface area (Å²) < 4.78 is 4.75. The molecule has 1 fully saturated rings. The average molecular weight is 248 g/mol. The van der Waals surface area contributed by atoms with Crippen molar-refractivity contribution in [3.05, 3.63) is 35.4 Å². The third kappa shape index (κ3) is 1.26. The fourth-order valence-corrected chi connectivity index (χ4v) is 2.65. The first kappa shape index (κ1) is 11.0. The van der Waals surface area contributed by atoms with Crippen LogP contribution in [0.3, 0.4) is 0 Å². The van der Waals surface area contributed by atoms with Crippen molar-refractivity contribution in [1.82, 2.24) is 9.96 Å². The van der Waals surface area contributed by atoms with E-state index >= 15 is 0 Å². The van der Waals surface area contributed by atoms with Gasteiger partial charge in [-0.05, 0) is 11.1 Å². The first-order valence-electron chi connectivity index (χ1n) is 5.60. The van der Waals surface area contributed by atoms with E-state index in [-0.39, 0.29) is 0 Å². The second kappa shape index (κ2) is 3.71. The van der Waals surface area contributed by atoms with Gasteiger partial charge in [0.2, 0.25) is 0 Å². The van der Waals surface area contributed by atoms with Gasteiger partial charge in [-0.15, -0.1) is 0 Å². The number of carbonyl (C=O) groups excluding carboxylic acids is 2. The second-order valence-electron chi connectivity index (χ2n) is 4.35. The van der Waals surface area contributed by atoms with E-state index in [9.17, 15) is 14.8 Å². The zero-order chi connectivity index (χ0) is 12.9. The predicted octanol–water partition coefficient (Wildman–Crippen LogP) is 1.08. The molecule has 2 aliphatic rings. The number of carbonyl (C=O) groups is 2. The normalized spacial score (nSPS) is 25.1. The molecule has 0 unspecified atom stereocenters. The van der Waals surface area contributed by atoms with Gasteiger partial charge >= 0.3 is 12.0 Å². The number of benzene rings is 1. The number of urea groups is 1. The second-order valence-corrected chi connectivity index (χ2v) is 4.35. The van der Waals surface area contributed by atoms with E-state index in [1.165, 1.54) is 12.0 Å². The van der Waals surface area contributed by atoms with Crippen molar-refractivity contribution in [3.63, 3.8) is 0 Å². The molecule has 2 atom stereocenters. The minimum Gasteiger partial charge on any atom is -0.467 e. The van der Waals surface area contributed by atoms with Crippen LogP contribution in [0.1, 0.15) is 23.2 Å². The monoisotopic (exact) mass is 248 g/mol. The summed E-state index contributed by atoms with van der Waals surface area (Å²) in [5.41, 5.74) is 1.50. The molecule has 2 aliphatic heterocycles. The molecule has 6 heteroatoms. The summed E-state index contributed by atoms with van der Waals surface area (Å²) in [6.45, 7) is 0.298. The third-order valence-corrected chi connectivity index (χ3v) is 3.49. The van der Waals surface area contributed by atoms with Gasteiger partial charge in [0, 0.05) is 0 Å². The van der Waals surface area contributed by atoms with E-state index in [4.69, 9.17) is 4.74 Å². The Labute approximate surface area is 103 Å². The molecule has 2 heterocycles. The summed E-state index contributed by atoms with van der Waals surface area (Å²) in [4.78, 5) is 25.1. The van der Waals surface area contributed by atoms with Crippen LogP contribution in [0.5, 0.6) is 0 Å². The van der Waals surface area contributed by atoms with E-state index in [2.05, 4.69) is 0 Å². The lowest BCUT2D eigenvalue weighted by molar-refractivity contribution is -0.146. The summed E-state index contributed by atoms with van der Waals surface area (Å²) in [6.07, 6.45) is 0. The maximum absolute atomic E-state index is 11.9. The fourth-order valence-electron chi connectivity index (χ4n) is 2.65. The Balaban J connectivity index is 2.17. The third-order valence-electron chi connectivity index (χ3n) is 3.49. The van der Waals surface area contributed by atoms with E-state index in [1.807, 2.05) is 12.1 Å². The summed E-state index contributed by atoms with van der Waals surface area (Å²) in [7, 11) is 1.29. The number of hydrogen-bond acceptors (Lipinski definition) is 4. The molecule has 1 aromatic carbocycles. The molecular weight excluding hydrogens is 236 g/mol. The Bertz CT molecular complexity index is 531. The lowest BCUT2D eigenvalue weighted by atomic mass is 9.91. The largest absolute Gasteiger partial charge is 0.467 e. The quantitative estimate of drug-likeness (QED) is 0.596. The first-order chi connectivity index (χ1) is 8.65. The Hall–Kier alpha value is -2.08. The molecule has 1 saturated heterocycles. The average Bonchev–Trinajstić information content (AvgIpc) is 2.65. The summed E-state index contributed by atoms with van der Waals surface area (Å²) in [5.74, 6) is -0.496. The maximum atomic E-state index is 11.9. The highest BCUT2D eigenvalue weighted by Crippen LogP contribution is 2.42. The minimum absolute atomic E-state index is 0.298. The molecular formula is C12H12N2O4. The van der Waals surface area contributed by atoms with Crippen molar-refractivity contribution in [3.8, 4) is 0 Å². The first-order valence-corrected chi connectivity index (χ1v) is 5.60. The Kier molecular flexibility index (Phi) is 2.27. The highest BCUT2D eigenvalue weighted by atomic mass is 16.5. The van der Waals surface area contributed by atoms with Gasteiger partial charge in [-0.25, -0.2) is 9.59 Å². The van der Waals surface area contributed by atoms with Crippen LogP contribution in [0.15, 0.2) is 24.3 Å². The number of rotatable bonds is 1. The highest BCUT2D eigenvalue weighted by Gasteiger charge is 2.50. The maximum Gasteiger partial charge on any atom is 0.345 e. The van der Waals surface area contributed by atoms with Crippen LogP contribution in [-0.4, -0.2) is 40.8 Å². The lowest BCUT2D eigenvalue weighted by Gasteiger charge is -2.30. The molecule has 0 spiro atoms. The molecule has 1 aromatic rings. The standard InChI is InChI=1S/C12H12N2O4/c1-18-11(15)10-8-5-3-2-4-7(8)9-6-13(10)12(16)14(9)17/h2-5,9-10,17H,6H2,1H3/t9-,10-/m1/s1. The van der Waals surface area contributed by atoms with Crippen LogP contribution in [-0.2, 0) is 9.53 Å². The van der Waals surface area contributed by atoms with Crippen LogP contribution in [0.4, 0.5) is 4.79 Å². The van der Waals surface area contributed by atoms with Crippen molar-refractivity contribution >= 4 is 12.0 Å². The number of ether oxygens (including phenoxy) is 1. The molecule has 0 radical (unpaired) electrons. The van der Waals surface area contributed by atoms with Gasteiger partial charge in [-0.1, -0.05) is 24.3 Å². The number of nitrogens with zero attached hydrogens (tertiary/aromatic N) is 2. The molecule has 18 heavy (non-hydrogen) atoms. The highest BCUT2D eigenvalue weighted by molar-refractivity contribution is 5.87. The molecule has 3 rings (SSSR count). The lowest BCUT2D eigenvalue weighted by Crippen LogP contribution is -2.38. The Morgan fingerprint density at radius 2 is 2.06 bits per heavy atom. The zero-order valence-electron chi connectivity index (χ0n) is 9.74. The topological polar surface area (TPSA) is 70.1 Å². The van der Waals surface area contributed by atoms with Gasteiger partial charge in [0.15, 0.2) is 6.04 Å². The zero-order valence-corrected chi connectivity index (χ0v) is 9.74. The Morgan fingerprint density at radius 1 is 1.39 bits per heavy atom. The van der Waals surface area contributed by atoms with Gasteiger partial charge in [0.05, 0.1) is 13.7 Å². The van der Waals surface area contributed by atoms with E-state index in [1.54, 1.807) is 12.1 Å². The SMILES string of the molecule is COC(=O)[C@H]1c2ccccc2[C@H]2CN1C(=O)N2O. The smallest absolute Gasteiger partial charge is 0.345 e. The van der Waals surface area contributed by atoms with Gasteiger partial charge in [-0.2, -0.15) is 5.06 Å². The van der Waals surface area contributed by atoms with Gasteiger partial charge in [-0.3, -0.25) is 5.21 Å². The van der Waals surface area contributed by atoms with E-state index < -0.39 is 24.1 Å². The number of amides is 2. The molecule has 6 nitrogen and oxygen atoms in total. The van der Waals surface area contributed by atoms with Crippen molar-refractivity contribution < 1.29 is 19.5 Å². The van der Waals surface area contributed by atoms with Crippen LogP contribution < -0.4 is 0 Å². The van der Waals surface area contributed by atoms with Crippen LogP contribution in [0.2, 0.25) is 0 Å². The molecule has 2 amide bonds. The molecule has 0 aliphatic carbocycles. The molecule has 0 saturated carbocycles. The van der Waals surface area contributed by atoms with Crippen molar-refractivity contribution in [2.24, 2.45) is 0 Å². The van der Waals surface area contributed by atoms with E-state index in [0.717, 1.165) is 5.56 Å². The van der Waals surface area contributed by atoms with E-state index in [0.29, 0.717) is 17.2 Å². The fraction of sp³-hybridized carbons (Fsp3) is 0.333. The number of esters is 1. The summed E-state index contributed by atoms with van der Waals surface area (Å²) in [5, 5.41) is 10.5. The molecule has 2 bridgehead atoms. The summed E-state index contributed by atoms with van der Waals surface area (Å²) in [6, 6.07) is 5.47. The van der Waals surface area contributed by atoms with Crippen molar-refractivity contribution in [1.29, 1.82) is 0 Å². The molecule has 94 valence electrons. The number of hydrogen-bond donors (Lipinski definition) is 1. The Morgan fingerprint density at radius 3 is 2.72 bits per heavy atom. The van der Waals surface area contributed by atoms with Crippen LogP contribution >= 0.6 is 0 Å². The molecule has 1 N–H and O–H groups in total.